The Morgan fingerprint density at radius 1 is 0.697 bits per heavy atom. The zero-order valence-corrected chi connectivity index (χ0v) is 18.5. The number of phenols is 2. The minimum absolute atomic E-state index is 0.0165. The van der Waals surface area contributed by atoms with Crippen molar-refractivity contribution < 1.29 is 29.6 Å². The van der Waals surface area contributed by atoms with Crippen LogP contribution in [-0.2, 0) is 4.74 Å². The number of phenolic OH excluding ortho intramolecular Hbond substituents is 2. The molecule has 0 unspecified atom stereocenters. The number of fused-ring (bicyclic) bond motifs is 2. The molecule has 0 bridgehead atoms. The fourth-order valence-electron chi connectivity index (χ4n) is 3.73. The second kappa shape index (κ2) is 11.6. The highest BCUT2D eigenvalue weighted by atomic mass is 16.5. The second-order valence-electron chi connectivity index (χ2n) is 7.49. The van der Waals surface area contributed by atoms with Gasteiger partial charge in [-0.15, -0.1) is 0 Å². The third kappa shape index (κ3) is 5.42. The molecule has 0 fully saturated rings. The summed E-state index contributed by atoms with van der Waals surface area (Å²) >= 11 is 0. The van der Waals surface area contributed by atoms with Crippen LogP contribution in [0.5, 0.6) is 11.5 Å². The van der Waals surface area contributed by atoms with Crippen molar-refractivity contribution in [3.63, 3.8) is 0 Å². The van der Waals surface area contributed by atoms with Gasteiger partial charge in [-0.1, -0.05) is 0 Å². The Morgan fingerprint density at radius 2 is 1.18 bits per heavy atom. The molecule has 10 heteroatoms. The normalized spacial score (nSPS) is 12.4. The van der Waals surface area contributed by atoms with Gasteiger partial charge in [-0.25, -0.2) is 0 Å². The second-order valence-corrected chi connectivity index (χ2v) is 7.49. The van der Waals surface area contributed by atoms with E-state index in [9.17, 15) is 19.8 Å². The smallest absolute Gasteiger partial charge is 0.200 e. The molecule has 3 rings (SSSR count). The molecule has 10 nitrogen and oxygen atoms in total. The van der Waals surface area contributed by atoms with E-state index >= 15 is 0 Å². The summed E-state index contributed by atoms with van der Waals surface area (Å²) in [6.45, 7) is 3.81. The molecular formula is C23H30N4O6. The van der Waals surface area contributed by atoms with E-state index in [0.717, 1.165) is 0 Å². The average molecular weight is 459 g/mol. The van der Waals surface area contributed by atoms with E-state index in [1.54, 1.807) is 19.2 Å². The van der Waals surface area contributed by atoms with Crippen LogP contribution in [0.15, 0.2) is 24.3 Å². The Kier molecular flexibility index (Phi) is 8.61. The molecule has 1 aliphatic carbocycles. The molecular weight excluding hydrogens is 428 g/mol. The summed E-state index contributed by atoms with van der Waals surface area (Å²) in [6, 6.07) is 5.82. The number of aliphatic hydroxyl groups is 1. The van der Waals surface area contributed by atoms with Gasteiger partial charge in [0.25, 0.3) is 0 Å². The number of carbonyl (C=O) groups is 2. The van der Waals surface area contributed by atoms with Crippen molar-refractivity contribution in [2.75, 3.05) is 70.2 Å². The van der Waals surface area contributed by atoms with Crippen LogP contribution in [0.1, 0.15) is 31.8 Å². The summed E-state index contributed by atoms with van der Waals surface area (Å²) in [7, 11) is 1.62. The molecule has 0 aromatic heterocycles. The van der Waals surface area contributed by atoms with E-state index in [-0.39, 0.29) is 40.4 Å². The van der Waals surface area contributed by atoms with Gasteiger partial charge < -0.3 is 41.3 Å². The number of methoxy groups -OCH3 is 1. The van der Waals surface area contributed by atoms with Crippen LogP contribution in [0, 0.1) is 0 Å². The molecule has 0 aliphatic heterocycles. The first-order valence-electron chi connectivity index (χ1n) is 10.8. The summed E-state index contributed by atoms with van der Waals surface area (Å²) < 4.78 is 5.00. The number of aliphatic hydroxyl groups excluding tert-OH is 1. The van der Waals surface area contributed by atoms with Gasteiger partial charge >= 0.3 is 0 Å². The number of aromatic hydroxyl groups is 2. The van der Waals surface area contributed by atoms with Gasteiger partial charge in [0, 0.05) is 57.8 Å². The number of benzene rings is 2. The predicted octanol–water partition coefficient (Wildman–Crippen LogP) is 0.515. The average Bonchev–Trinajstić information content (AvgIpc) is 2.81. The van der Waals surface area contributed by atoms with Gasteiger partial charge in [0.05, 0.1) is 35.5 Å². The van der Waals surface area contributed by atoms with Crippen LogP contribution in [0.25, 0.3) is 0 Å². The van der Waals surface area contributed by atoms with Crippen LogP contribution >= 0.6 is 0 Å². The molecule has 0 saturated heterocycles. The minimum atomic E-state index is -0.541. The van der Waals surface area contributed by atoms with Crippen molar-refractivity contribution in [3.8, 4) is 11.5 Å². The quantitative estimate of drug-likeness (QED) is 0.143. The van der Waals surface area contributed by atoms with Gasteiger partial charge in [-0.3, -0.25) is 9.59 Å². The summed E-state index contributed by atoms with van der Waals surface area (Å²) in [6.07, 6.45) is 0. The van der Waals surface area contributed by atoms with Crippen molar-refractivity contribution in [1.29, 1.82) is 0 Å². The first-order chi connectivity index (χ1) is 16.0. The standard InChI is InChI=1S/C23H30N4O6/c1-33-13-11-25-7-9-27-15-3-2-14(26-8-6-24-10-12-28)18-19(15)23(32)21-17(30)5-4-16(29)20(21)22(18)31/h2-5,24-30H,6-13H2,1H3. The third-order valence-corrected chi connectivity index (χ3v) is 5.28. The molecule has 7 N–H and O–H groups in total. The highest BCUT2D eigenvalue weighted by Gasteiger charge is 2.37. The van der Waals surface area contributed by atoms with Crippen LogP contribution < -0.4 is 21.3 Å². The van der Waals surface area contributed by atoms with Gasteiger partial charge in [-0.2, -0.15) is 0 Å². The van der Waals surface area contributed by atoms with Crippen LogP contribution in [0.4, 0.5) is 11.4 Å². The predicted molar refractivity (Wildman–Crippen MR) is 125 cm³/mol. The molecule has 2 aromatic rings. The van der Waals surface area contributed by atoms with Crippen molar-refractivity contribution in [1.82, 2.24) is 10.6 Å². The summed E-state index contributed by atoms with van der Waals surface area (Å²) in [5, 5.41) is 42.1. The van der Waals surface area contributed by atoms with Crippen LogP contribution in [-0.4, -0.2) is 86.5 Å². The lowest BCUT2D eigenvalue weighted by Gasteiger charge is -2.25. The zero-order valence-electron chi connectivity index (χ0n) is 18.5. The molecule has 33 heavy (non-hydrogen) atoms. The van der Waals surface area contributed by atoms with E-state index in [1.165, 1.54) is 12.1 Å². The van der Waals surface area contributed by atoms with Gasteiger partial charge in [0.1, 0.15) is 11.5 Å². The number of carbonyl (C=O) groups excluding carboxylic acids is 2. The Bertz CT molecular complexity index is 1010. The van der Waals surface area contributed by atoms with E-state index < -0.39 is 11.6 Å². The van der Waals surface area contributed by atoms with Crippen molar-refractivity contribution in [2.45, 2.75) is 0 Å². The lowest BCUT2D eigenvalue weighted by atomic mass is 9.81. The number of ether oxygens (including phenoxy) is 1. The number of ketones is 2. The molecule has 1 aliphatic rings. The van der Waals surface area contributed by atoms with Gasteiger partial charge in [0.2, 0.25) is 11.6 Å². The molecule has 0 spiro atoms. The number of nitrogens with one attached hydrogen (secondary N) is 4. The molecule has 0 heterocycles. The third-order valence-electron chi connectivity index (χ3n) is 5.28. The fourth-order valence-corrected chi connectivity index (χ4v) is 3.73. The van der Waals surface area contributed by atoms with Gasteiger partial charge in [0.15, 0.2) is 0 Å². The Labute approximate surface area is 192 Å². The molecule has 0 radical (unpaired) electrons. The summed E-state index contributed by atoms with van der Waals surface area (Å²) in [5.74, 6) is -1.79. The Morgan fingerprint density at radius 3 is 1.64 bits per heavy atom. The van der Waals surface area contributed by atoms with E-state index in [2.05, 4.69) is 21.3 Å². The number of anilines is 2. The maximum absolute atomic E-state index is 13.4. The Balaban J connectivity index is 1.92. The van der Waals surface area contributed by atoms with E-state index in [1.807, 2.05) is 0 Å². The first-order valence-corrected chi connectivity index (χ1v) is 10.8. The summed E-state index contributed by atoms with van der Waals surface area (Å²) in [5.41, 5.74) is 0.815. The van der Waals surface area contributed by atoms with Crippen LogP contribution in [0.2, 0.25) is 0 Å². The van der Waals surface area contributed by atoms with Crippen molar-refractivity contribution in [3.05, 3.63) is 46.5 Å². The molecule has 0 amide bonds. The highest BCUT2D eigenvalue weighted by Crippen LogP contribution is 2.42. The lowest BCUT2D eigenvalue weighted by molar-refractivity contribution is 0.0975. The Hall–Kier alpha value is -3.18. The zero-order chi connectivity index (χ0) is 23.8. The van der Waals surface area contributed by atoms with E-state index in [4.69, 9.17) is 9.84 Å². The number of hydrogen-bond acceptors (Lipinski definition) is 10. The van der Waals surface area contributed by atoms with Crippen molar-refractivity contribution >= 4 is 22.9 Å². The highest BCUT2D eigenvalue weighted by molar-refractivity contribution is 6.33. The van der Waals surface area contributed by atoms with Crippen LogP contribution in [0.3, 0.4) is 0 Å². The lowest BCUT2D eigenvalue weighted by Crippen LogP contribution is -2.29. The topological polar surface area (TPSA) is 152 Å². The van der Waals surface area contributed by atoms with E-state index in [0.29, 0.717) is 57.3 Å². The maximum atomic E-state index is 13.4. The summed E-state index contributed by atoms with van der Waals surface area (Å²) in [4.78, 5) is 26.8. The van der Waals surface area contributed by atoms with Crippen molar-refractivity contribution in [2.24, 2.45) is 0 Å². The largest absolute Gasteiger partial charge is 0.507 e. The first kappa shape index (κ1) is 24.5. The monoisotopic (exact) mass is 458 g/mol. The molecule has 178 valence electrons. The molecule has 0 atom stereocenters. The SMILES string of the molecule is COCCNCCNc1ccc(NCCNCCO)c2c1C(=O)c1c(O)ccc(O)c1C2=O. The molecule has 0 saturated carbocycles. The number of rotatable bonds is 13. The maximum Gasteiger partial charge on any atom is 0.200 e. The fraction of sp³-hybridized carbons (Fsp3) is 0.391. The molecule has 2 aromatic carbocycles. The minimum Gasteiger partial charge on any atom is -0.507 e. The van der Waals surface area contributed by atoms with Gasteiger partial charge in [-0.05, 0) is 24.3 Å². The number of hydrogen-bond donors (Lipinski definition) is 7.